The van der Waals surface area contributed by atoms with Crippen LogP contribution in [0.3, 0.4) is 0 Å². The van der Waals surface area contributed by atoms with Gasteiger partial charge in [-0.3, -0.25) is 4.68 Å². The van der Waals surface area contributed by atoms with Crippen molar-refractivity contribution in [1.29, 1.82) is 0 Å². The summed E-state index contributed by atoms with van der Waals surface area (Å²) < 4.78 is 13.3. The fraction of sp³-hybridized carbons (Fsp3) is 0.0690. The number of aromatic nitrogens is 5. The molecule has 0 saturated carbocycles. The normalized spacial score (nSPS) is 10.9. The Bertz CT molecular complexity index is 1810. The van der Waals surface area contributed by atoms with Crippen molar-refractivity contribution < 1.29 is 19.1 Å². The van der Waals surface area contributed by atoms with Gasteiger partial charge in [-0.15, -0.1) is 0 Å². The van der Waals surface area contributed by atoms with Gasteiger partial charge in [0.15, 0.2) is 17.2 Å². The number of ether oxygens (including phenoxy) is 1. The highest BCUT2D eigenvalue weighted by atomic mass is 16.5. The number of hydrogen-bond acceptors (Lipinski definition) is 9. The van der Waals surface area contributed by atoms with Gasteiger partial charge in [-0.2, -0.15) is 10.1 Å². The first-order chi connectivity index (χ1) is 19.5. The molecule has 3 N–H and O–H groups in total. The number of oxazole rings is 1. The van der Waals surface area contributed by atoms with Crippen molar-refractivity contribution in [2.24, 2.45) is 7.05 Å². The molecule has 0 unspecified atom stereocenters. The lowest BCUT2D eigenvalue weighted by Gasteiger charge is -2.15. The number of anilines is 4. The summed E-state index contributed by atoms with van der Waals surface area (Å²) in [5.74, 6) is 0.486. The maximum Gasteiger partial charge on any atom is 0.341 e. The van der Waals surface area contributed by atoms with Crippen LogP contribution in [0.4, 0.5) is 23.3 Å². The average molecular weight is 534 g/mol. The Morgan fingerprint density at radius 3 is 2.55 bits per heavy atom. The maximum absolute atomic E-state index is 12.0. The topological polar surface area (TPSA) is 140 Å². The molecule has 6 aromatic rings. The molecule has 3 heterocycles. The predicted molar refractivity (Wildman–Crippen MR) is 150 cm³/mol. The van der Waals surface area contributed by atoms with E-state index >= 15 is 0 Å². The summed E-state index contributed by atoms with van der Waals surface area (Å²) in [6.07, 6.45) is 1.24. The van der Waals surface area contributed by atoms with Gasteiger partial charge in [-0.05, 0) is 24.3 Å². The quantitative estimate of drug-likeness (QED) is 0.217. The molecule has 0 aliphatic carbocycles. The number of aromatic carboxylic acids is 1. The zero-order chi connectivity index (χ0) is 27.6. The first kappa shape index (κ1) is 24.6. The third-order valence-corrected chi connectivity index (χ3v) is 6.20. The Kier molecular flexibility index (Phi) is 6.29. The predicted octanol–water partition coefficient (Wildman–Crippen LogP) is 5.88. The minimum absolute atomic E-state index is 0.0727. The fourth-order valence-corrected chi connectivity index (χ4v) is 4.28. The summed E-state index contributed by atoms with van der Waals surface area (Å²) in [6, 6.07) is 24.4. The van der Waals surface area contributed by atoms with Crippen molar-refractivity contribution in [3.05, 3.63) is 90.6 Å². The molecule has 3 aromatic heterocycles. The third-order valence-electron chi connectivity index (χ3n) is 6.20. The van der Waals surface area contributed by atoms with Gasteiger partial charge in [0.25, 0.3) is 0 Å². The van der Waals surface area contributed by atoms with Crippen molar-refractivity contribution in [2.75, 3.05) is 17.7 Å². The molecule has 198 valence electrons. The lowest BCUT2D eigenvalue weighted by molar-refractivity contribution is 0.0697. The molecule has 0 amide bonds. The first-order valence-corrected chi connectivity index (χ1v) is 12.3. The van der Waals surface area contributed by atoms with Crippen LogP contribution in [0, 0.1) is 0 Å². The highest BCUT2D eigenvalue weighted by Gasteiger charge is 2.20. The number of carbonyl (C=O) groups is 1. The van der Waals surface area contributed by atoms with E-state index in [4.69, 9.17) is 9.15 Å². The summed E-state index contributed by atoms with van der Waals surface area (Å²) in [4.78, 5) is 25.3. The van der Waals surface area contributed by atoms with E-state index < -0.39 is 5.97 Å². The molecule has 40 heavy (non-hydrogen) atoms. The lowest BCUT2D eigenvalue weighted by atomic mass is 10.1. The number of rotatable bonds is 8. The Hall–Kier alpha value is -5.71. The van der Waals surface area contributed by atoms with E-state index in [2.05, 4.69) is 30.7 Å². The molecule has 11 heteroatoms. The Morgan fingerprint density at radius 2 is 1.77 bits per heavy atom. The summed E-state index contributed by atoms with van der Waals surface area (Å²) in [7, 11) is 3.31. The van der Waals surface area contributed by atoms with Gasteiger partial charge in [0, 0.05) is 24.9 Å². The zero-order valence-corrected chi connectivity index (χ0v) is 21.5. The molecule has 0 aliphatic heterocycles. The molecule has 0 atom stereocenters. The highest BCUT2D eigenvalue weighted by Crippen LogP contribution is 2.39. The second-order valence-electron chi connectivity index (χ2n) is 8.79. The number of carboxylic acid groups (broad SMARTS) is 1. The van der Waals surface area contributed by atoms with E-state index in [0.717, 1.165) is 11.3 Å². The largest absolute Gasteiger partial charge is 0.494 e. The number of hydrogen-bond donors (Lipinski definition) is 3. The van der Waals surface area contributed by atoms with Gasteiger partial charge in [-0.1, -0.05) is 48.5 Å². The van der Waals surface area contributed by atoms with Crippen molar-refractivity contribution in [1.82, 2.24) is 24.7 Å². The van der Waals surface area contributed by atoms with Gasteiger partial charge in [-0.25, -0.2) is 14.8 Å². The SMILES string of the molecule is COc1c(Nc2nc(Nc3cc(-c4ccccc4)nn3C)ncc2C(=O)O)cccc1-c1nc2ccccc2o1. The number of benzene rings is 3. The summed E-state index contributed by atoms with van der Waals surface area (Å²) in [5.41, 5.74) is 4.03. The van der Waals surface area contributed by atoms with E-state index in [9.17, 15) is 9.90 Å². The van der Waals surface area contributed by atoms with Crippen LogP contribution in [-0.4, -0.2) is 42.9 Å². The van der Waals surface area contributed by atoms with Crippen molar-refractivity contribution >= 4 is 40.3 Å². The highest BCUT2D eigenvalue weighted by molar-refractivity contribution is 5.94. The van der Waals surface area contributed by atoms with Gasteiger partial charge >= 0.3 is 5.97 Å². The van der Waals surface area contributed by atoms with Crippen LogP contribution >= 0.6 is 0 Å². The molecule has 0 fully saturated rings. The zero-order valence-electron chi connectivity index (χ0n) is 21.5. The number of carboxylic acids is 1. The number of methoxy groups -OCH3 is 1. The average Bonchev–Trinajstić information content (AvgIpc) is 3.57. The minimum Gasteiger partial charge on any atom is -0.494 e. The Labute approximate surface area is 228 Å². The van der Waals surface area contributed by atoms with Crippen molar-refractivity contribution in [3.63, 3.8) is 0 Å². The summed E-state index contributed by atoms with van der Waals surface area (Å²) in [6.45, 7) is 0. The third kappa shape index (κ3) is 4.67. The van der Waals surface area contributed by atoms with E-state index in [-0.39, 0.29) is 17.3 Å². The van der Waals surface area contributed by atoms with Crippen LogP contribution in [-0.2, 0) is 7.05 Å². The van der Waals surface area contributed by atoms with Crippen LogP contribution < -0.4 is 15.4 Å². The van der Waals surface area contributed by atoms with Crippen LogP contribution in [0.1, 0.15) is 10.4 Å². The van der Waals surface area contributed by atoms with Crippen molar-refractivity contribution in [3.8, 4) is 28.5 Å². The summed E-state index contributed by atoms with van der Waals surface area (Å²) in [5, 5.41) is 20.6. The molecule has 0 radical (unpaired) electrons. The van der Waals surface area contributed by atoms with E-state index in [1.54, 1.807) is 23.9 Å². The first-order valence-electron chi connectivity index (χ1n) is 12.3. The lowest BCUT2D eigenvalue weighted by Crippen LogP contribution is -2.10. The van der Waals surface area contributed by atoms with E-state index in [1.165, 1.54) is 13.3 Å². The molecule has 0 spiro atoms. The van der Waals surface area contributed by atoms with Crippen LogP contribution in [0.5, 0.6) is 5.75 Å². The molecule has 3 aromatic carbocycles. The Morgan fingerprint density at radius 1 is 0.975 bits per heavy atom. The number of nitrogens with one attached hydrogen (secondary N) is 2. The molecule has 0 saturated heterocycles. The summed E-state index contributed by atoms with van der Waals surface area (Å²) >= 11 is 0. The second-order valence-corrected chi connectivity index (χ2v) is 8.79. The molecule has 0 bridgehead atoms. The fourth-order valence-electron chi connectivity index (χ4n) is 4.28. The standard InChI is InChI=1S/C29H23N7O4/c1-36-24(15-22(35-36)17-9-4-3-5-10-17)33-29-30-16-19(28(37)38)26(34-29)31-21-13-8-11-18(25(21)39-2)27-32-20-12-6-7-14-23(20)40-27/h3-16H,1-2H3,(H,37,38)(H2,30,31,33,34). The number of fused-ring (bicyclic) bond motifs is 1. The maximum atomic E-state index is 12.0. The number of para-hydroxylation sites is 3. The molecule has 11 nitrogen and oxygen atoms in total. The molecular weight excluding hydrogens is 510 g/mol. The minimum atomic E-state index is -1.19. The number of aryl methyl sites for hydroxylation is 1. The smallest absolute Gasteiger partial charge is 0.341 e. The molecule has 6 rings (SSSR count). The van der Waals surface area contributed by atoms with Gasteiger partial charge in [0.1, 0.15) is 16.9 Å². The molecular formula is C29H23N7O4. The van der Waals surface area contributed by atoms with Crippen LogP contribution in [0.15, 0.2) is 89.5 Å². The number of nitrogens with zero attached hydrogens (tertiary/aromatic N) is 5. The van der Waals surface area contributed by atoms with E-state index in [1.807, 2.05) is 66.7 Å². The van der Waals surface area contributed by atoms with Crippen LogP contribution in [0.25, 0.3) is 33.8 Å². The van der Waals surface area contributed by atoms with Gasteiger partial charge in [0.05, 0.1) is 24.1 Å². The van der Waals surface area contributed by atoms with Crippen LogP contribution in [0.2, 0.25) is 0 Å². The second kappa shape index (κ2) is 10.2. The van der Waals surface area contributed by atoms with Gasteiger partial charge < -0.3 is 24.9 Å². The van der Waals surface area contributed by atoms with Gasteiger partial charge in [0.2, 0.25) is 11.8 Å². The molecule has 0 aliphatic rings. The Balaban J connectivity index is 1.34. The van der Waals surface area contributed by atoms with Crippen molar-refractivity contribution in [2.45, 2.75) is 0 Å². The monoisotopic (exact) mass is 533 g/mol. The van der Waals surface area contributed by atoms with E-state index in [0.29, 0.717) is 39.8 Å².